The van der Waals surface area contributed by atoms with E-state index in [0.29, 0.717) is 17.2 Å². The van der Waals surface area contributed by atoms with E-state index in [1.807, 2.05) is 25.1 Å². The normalized spacial score (nSPS) is 12.1. The minimum atomic E-state index is -0.344. The Morgan fingerprint density at radius 3 is 2.71 bits per heavy atom. The molecule has 0 aliphatic carbocycles. The molecule has 7 nitrogen and oxygen atoms in total. The number of aromatic amines is 2. The molecule has 1 atom stereocenters. The lowest BCUT2D eigenvalue weighted by atomic mass is 10.1. The molecule has 0 radical (unpaired) electrons. The van der Waals surface area contributed by atoms with Crippen molar-refractivity contribution in [1.82, 2.24) is 25.5 Å². The van der Waals surface area contributed by atoms with Crippen molar-refractivity contribution < 1.29 is 13.9 Å². The first-order chi connectivity index (χ1) is 13.5. The second-order valence-corrected chi connectivity index (χ2v) is 6.37. The topological polar surface area (TPSA) is 95.7 Å². The standard InChI is InChI=1S/C20H18FN5O2/c1-11(19-23-15-8-7-14(28-2)9-17(15)24-19)22-20(27)18-10-16(25-26-18)12-3-5-13(21)6-4-12/h3-11H,1-2H3,(H,22,27)(H,23,24)(H,25,26)/t11-/m1/s1. The van der Waals surface area contributed by atoms with E-state index in [0.717, 1.165) is 22.3 Å². The fraction of sp³-hybridized carbons (Fsp3) is 0.150. The number of aromatic nitrogens is 4. The SMILES string of the molecule is COc1ccc2nc([C@@H](C)NC(=O)c3cc(-c4ccc(F)cc4)n[nH]3)[nH]c2c1. The van der Waals surface area contributed by atoms with Gasteiger partial charge in [-0.2, -0.15) is 5.10 Å². The Morgan fingerprint density at radius 2 is 1.96 bits per heavy atom. The molecule has 1 amide bonds. The number of methoxy groups -OCH3 is 1. The summed E-state index contributed by atoms with van der Waals surface area (Å²) in [4.78, 5) is 20.2. The number of carbonyl (C=O) groups is 1. The highest BCUT2D eigenvalue weighted by atomic mass is 19.1. The highest BCUT2D eigenvalue weighted by Gasteiger charge is 2.17. The van der Waals surface area contributed by atoms with Crippen molar-refractivity contribution in [3.8, 4) is 17.0 Å². The molecule has 4 aromatic rings. The predicted octanol–water partition coefficient (Wildman–Crippen LogP) is 3.59. The van der Waals surface area contributed by atoms with E-state index in [4.69, 9.17) is 4.74 Å². The Hall–Kier alpha value is -3.68. The van der Waals surface area contributed by atoms with Crippen LogP contribution in [0, 0.1) is 5.82 Å². The number of benzene rings is 2. The Labute approximate surface area is 160 Å². The first kappa shape index (κ1) is 17.7. The van der Waals surface area contributed by atoms with Crippen molar-refractivity contribution in [3.63, 3.8) is 0 Å². The molecule has 2 heterocycles. The Balaban J connectivity index is 1.49. The van der Waals surface area contributed by atoms with E-state index in [2.05, 4.69) is 25.5 Å². The van der Waals surface area contributed by atoms with Gasteiger partial charge in [-0.25, -0.2) is 9.37 Å². The predicted molar refractivity (Wildman–Crippen MR) is 103 cm³/mol. The number of amides is 1. The molecule has 0 saturated heterocycles. The summed E-state index contributed by atoms with van der Waals surface area (Å²) in [7, 11) is 1.60. The maximum Gasteiger partial charge on any atom is 0.269 e. The number of rotatable bonds is 5. The van der Waals surface area contributed by atoms with Crippen molar-refractivity contribution in [3.05, 3.63) is 65.9 Å². The van der Waals surface area contributed by atoms with E-state index < -0.39 is 0 Å². The number of hydrogen-bond acceptors (Lipinski definition) is 4. The first-order valence-corrected chi connectivity index (χ1v) is 8.69. The molecular formula is C20H18FN5O2. The summed E-state index contributed by atoms with van der Waals surface area (Å²) in [5, 5.41) is 9.72. The van der Waals surface area contributed by atoms with Crippen LogP contribution < -0.4 is 10.1 Å². The smallest absolute Gasteiger partial charge is 0.269 e. The summed E-state index contributed by atoms with van der Waals surface area (Å²) in [5.74, 6) is 0.723. The highest BCUT2D eigenvalue weighted by molar-refractivity contribution is 5.93. The minimum Gasteiger partial charge on any atom is -0.497 e. The van der Waals surface area contributed by atoms with Crippen LogP contribution in [-0.2, 0) is 0 Å². The van der Waals surface area contributed by atoms with Gasteiger partial charge in [0.2, 0.25) is 0 Å². The van der Waals surface area contributed by atoms with E-state index in [1.165, 1.54) is 12.1 Å². The molecule has 0 aliphatic rings. The monoisotopic (exact) mass is 379 g/mol. The number of H-pyrrole nitrogens is 2. The molecule has 8 heteroatoms. The summed E-state index contributed by atoms with van der Waals surface area (Å²) in [6.45, 7) is 1.84. The van der Waals surface area contributed by atoms with Crippen LogP contribution in [0.5, 0.6) is 5.75 Å². The van der Waals surface area contributed by atoms with E-state index in [9.17, 15) is 9.18 Å². The van der Waals surface area contributed by atoms with Gasteiger partial charge in [0.05, 0.1) is 29.9 Å². The fourth-order valence-electron chi connectivity index (χ4n) is 2.89. The number of nitrogens with one attached hydrogen (secondary N) is 3. The van der Waals surface area contributed by atoms with Crippen LogP contribution in [0.1, 0.15) is 29.3 Å². The quantitative estimate of drug-likeness (QED) is 0.494. The number of carbonyl (C=O) groups excluding carboxylic acids is 1. The number of nitrogens with zero attached hydrogens (tertiary/aromatic N) is 2. The summed E-state index contributed by atoms with van der Waals surface area (Å²) < 4.78 is 18.3. The van der Waals surface area contributed by atoms with Crippen molar-refractivity contribution in [2.24, 2.45) is 0 Å². The van der Waals surface area contributed by atoms with Crippen molar-refractivity contribution in [2.45, 2.75) is 13.0 Å². The molecule has 28 heavy (non-hydrogen) atoms. The third-order valence-corrected chi connectivity index (χ3v) is 4.43. The van der Waals surface area contributed by atoms with Gasteiger partial charge in [-0.3, -0.25) is 9.89 Å². The van der Waals surface area contributed by atoms with E-state index in [1.54, 1.807) is 25.3 Å². The zero-order valence-corrected chi connectivity index (χ0v) is 15.3. The molecule has 0 aliphatic heterocycles. The molecular weight excluding hydrogens is 361 g/mol. The van der Waals surface area contributed by atoms with Gasteiger partial charge in [-0.05, 0) is 49.4 Å². The molecule has 4 rings (SSSR count). The third-order valence-electron chi connectivity index (χ3n) is 4.43. The third kappa shape index (κ3) is 3.44. The number of hydrogen-bond donors (Lipinski definition) is 3. The molecule has 0 saturated carbocycles. The second kappa shape index (κ2) is 7.15. The van der Waals surface area contributed by atoms with Gasteiger partial charge in [-0.15, -0.1) is 0 Å². The molecule has 0 bridgehead atoms. The van der Waals surface area contributed by atoms with Crippen LogP contribution in [-0.4, -0.2) is 33.2 Å². The minimum absolute atomic E-state index is 0.309. The summed E-state index contributed by atoms with van der Waals surface area (Å²) in [5.41, 5.74) is 3.21. The molecule has 0 unspecified atom stereocenters. The van der Waals surface area contributed by atoms with Gasteiger partial charge >= 0.3 is 0 Å². The molecule has 0 fully saturated rings. The van der Waals surface area contributed by atoms with Crippen molar-refractivity contribution in [1.29, 1.82) is 0 Å². The largest absolute Gasteiger partial charge is 0.497 e. The lowest BCUT2D eigenvalue weighted by Gasteiger charge is -2.10. The Bertz CT molecular complexity index is 1130. The van der Waals surface area contributed by atoms with Crippen LogP contribution in [0.25, 0.3) is 22.3 Å². The summed E-state index contributed by atoms with van der Waals surface area (Å²) >= 11 is 0. The number of imidazole rings is 1. The van der Waals surface area contributed by atoms with Crippen LogP contribution in [0.15, 0.2) is 48.5 Å². The summed E-state index contributed by atoms with van der Waals surface area (Å²) in [6.07, 6.45) is 0. The van der Waals surface area contributed by atoms with Crippen LogP contribution in [0.4, 0.5) is 4.39 Å². The summed E-state index contributed by atoms with van der Waals surface area (Å²) in [6, 6.07) is 12.7. The fourth-order valence-corrected chi connectivity index (χ4v) is 2.89. The second-order valence-electron chi connectivity index (χ2n) is 6.37. The van der Waals surface area contributed by atoms with E-state index in [-0.39, 0.29) is 17.8 Å². The first-order valence-electron chi connectivity index (χ1n) is 8.69. The molecule has 2 aromatic heterocycles. The van der Waals surface area contributed by atoms with Crippen molar-refractivity contribution in [2.75, 3.05) is 7.11 Å². The maximum absolute atomic E-state index is 13.1. The maximum atomic E-state index is 13.1. The van der Waals surface area contributed by atoms with Crippen molar-refractivity contribution >= 4 is 16.9 Å². The van der Waals surface area contributed by atoms with Crippen LogP contribution >= 0.6 is 0 Å². The highest BCUT2D eigenvalue weighted by Crippen LogP contribution is 2.22. The van der Waals surface area contributed by atoms with Gasteiger partial charge in [0.25, 0.3) is 5.91 Å². The number of fused-ring (bicyclic) bond motifs is 1. The molecule has 0 spiro atoms. The zero-order valence-electron chi connectivity index (χ0n) is 15.3. The van der Waals surface area contributed by atoms with Gasteiger partial charge < -0.3 is 15.0 Å². The zero-order chi connectivity index (χ0) is 19.7. The van der Waals surface area contributed by atoms with Crippen LogP contribution in [0.3, 0.4) is 0 Å². The van der Waals surface area contributed by atoms with Crippen LogP contribution in [0.2, 0.25) is 0 Å². The van der Waals surface area contributed by atoms with E-state index >= 15 is 0 Å². The average Bonchev–Trinajstić information content (AvgIpc) is 3.35. The van der Waals surface area contributed by atoms with Gasteiger partial charge in [-0.1, -0.05) is 0 Å². The molecule has 2 aromatic carbocycles. The lowest BCUT2D eigenvalue weighted by Crippen LogP contribution is -2.27. The molecule has 3 N–H and O–H groups in total. The lowest BCUT2D eigenvalue weighted by molar-refractivity contribution is 0.0933. The molecule has 142 valence electrons. The number of ether oxygens (including phenoxy) is 1. The van der Waals surface area contributed by atoms with Gasteiger partial charge in [0.1, 0.15) is 23.1 Å². The van der Waals surface area contributed by atoms with Gasteiger partial charge in [0, 0.05) is 11.6 Å². The number of halogens is 1. The Kier molecular flexibility index (Phi) is 4.52. The Morgan fingerprint density at radius 1 is 1.18 bits per heavy atom. The van der Waals surface area contributed by atoms with Gasteiger partial charge in [0.15, 0.2) is 0 Å². The average molecular weight is 379 g/mol.